The first-order chi connectivity index (χ1) is 15.7. The van der Waals surface area contributed by atoms with E-state index in [-0.39, 0.29) is 0 Å². The van der Waals surface area contributed by atoms with Gasteiger partial charge in [-0.15, -0.1) is 0 Å². The molecule has 6 heteroatoms. The van der Waals surface area contributed by atoms with E-state index >= 15 is 0 Å². The van der Waals surface area contributed by atoms with Crippen LogP contribution < -0.4 is 5.32 Å². The molecule has 1 aliphatic heterocycles. The van der Waals surface area contributed by atoms with Gasteiger partial charge in [0.15, 0.2) is 5.69 Å². The van der Waals surface area contributed by atoms with Gasteiger partial charge in [-0.25, -0.2) is 4.85 Å². The van der Waals surface area contributed by atoms with E-state index in [9.17, 15) is 0 Å². The highest BCUT2D eigenvalue weighted by molar-refractivity contribution is 6.02. The van der Waals surface area contributed by atoms with E-state index in [4.69, 9.17) is 11.6 Å². The molecule has 0 amide bonds. The normalized spacial score (nSPS) is 14.0. The minimum atomic E-state index is 0.641. The molecule has 0 unspecified atom stereocenters. The second-order valence-electron chi connectivity index (χ2n) is 8.51. The summed E-state index contributed by atoms with van der Waals surface area (Å²) in [6, 6.07) is 16.3. The van der Waals surface area contributed by atoms with E-state index in [0.29, 0.717) is 11.6 Å². The third-order valence-electron chi connectivity index (χ3n) is 6.33. The molecule has 0 aliphatic carbocycles. The Labute approximate surface area is 185 Å². The third-order valence-corrected chi connectivity index (χ3v) is 6.33. The Morgan fingerprint density at radius 2 is 1.91 bits per heavy atom. The highest BCUT2D eigenvalue weighted by Gasteiger charge is 2.20. The first-order valence-electron chi connectivity index (χ1n) is 10.8. The van der Waals surface area contributed by atoms with Gasteiger partial charge in [-0.05, 0) is 23.8 Å². The molecule has 0 atom stereocenters. The van der Waals surface area contributed by atoms with Gasteiger partial charge in [-0.3, -0.25) is 9.67 Å². The molecule has 1 aliphatic rings. The van der Waals surface area contributed by atoms with E-state index in [1.807, 2.05) is 48.4 Å². The molecule has 1 N–H and O–H groups in total. The molecule has 5 aromatic rings. The van der Waals surface area contributed by atoms with E-state index in [1.165, 1.54) is 5.39 Å². The van der Waals surface area contributed by atoms with Gasteiger partial charge in [-0.1, -0.05) is 30.3 Å². The number of nitrogens with one attached hydrogen (secondary N) is 1. The molecule has 4 heterocycles. The minimum Gasteiger partial charge on any atom is -0.346 e. The molecule has 32 heavy (non-hydrogen) atoms. The smallest absolute Gasteiger partial charge is 0.187 e. The molecule has 0 radical (unpaired) electrons. The van der Waals surface area contributed by atoms with Crippen LogP contribution in [-0.2, 0) is 13.6 Å². The maximum atomic E-state index is 7.29. The number of hydrogen-bond acceptors (Lipinski definition) is 3. The van der Waals surface area contributed by atoms with Crippen LogP contribution in [0.5, 0.6) is 0 Å². The van der Waals surface area contributed by atoms with E-state index in [1.54, 1.807) is 0 Å². The SMILES string of the molecule is [C-]#[N+]c1ccc(-c2c(-c3ccc4nn(C)cc4c3)ncc3c2ccn3CC2CNC2)cc1. The van der Waals surface area contributed by atoms with Crippen molar-refractivity contribution >= 4 is 27.5 Å². The van der Waals surface area contributed by atoms with Crippen molar-refractivity contribution in [1.29, 1.82) is 0 Å². The zero-order valence-corrected chi connectivity index (χ0v) is 17.8. The molecule has 1 saturated heterocycles. The quantitative estimate of drug-likeness (QED) is 0.417. The molecule has 0 spiro atoms. The molecular formula is C26H22N6. The van der Waals surface area contributed by atoms with Crippen LogP contribution in [-0.4, -0.2) is 32.4 Å². The first kappa shape index (κ1) is 18.8. The van der Waals surface area contributed by atoms with Crippen LogP contribution in [0, 0.1) is 12.5 Å². The van der Waals surface area contributed by atoms with Crippen LogP contribution >= 0.6 is 0 Å². The lowest BCUT2D eigenvalue weighted by atomic mass is 9.95. The van der Waals surface area contributed by atoms with Crippen molar-refractivity contribution in [1.82, 2.24) is 24.6 Å². The van der Waals surface area contributed by atoms with Crippen molar-refractivity contribution in [2.24, 2.45) is 13.0 Å². The molecule has 0 saturated carbocycles. The lowest BCUT2D eigenvalue weighted by molar-refractivity contribution is 0.310. The van der Waals surface area contributed by atoms with Gasteiger partial charge < -0.3 is 9.88 Å². The van der Waals surface area contributed by atoms with E-state index in [0.717, 1.165) is 58.4 Å². The number of aromatic nitrogens is 4. The predicted molar refractivity (Wildman–Crippen MR) is 127 cm³/mol. The van der Waals surface area contributed by atoms with Crippen molar-refractivity contribution < 1.29 is 0 Å². The number of pyridine rings is 1. The largest absolute Gasteiger partial charge is 0.346 e. The van der Waals surface area contributed by atoms with Crippen LogP contribution in [0.4, 0.5) is 5.69 Å². The summed E-state index contributed by atoms with van der Waals surface area (Å²) in [6.07, 6.45) is 6.21. The zero-order chi connectivity index (χ0) is 21.7. The molecule has 2 aromatic carbocycles. The van der Waals surface area contributed by atoms with Crippen LogP contribution in [0.15, 0.2) is 67.1 Å². The molecule has 6 nitrogen and oxygen atoms in total. The Bertz CT molecular complexity index is 1500. The van der Waals surface area contributed by atoms with Crippen LogP contribution in [0.25, 0.3) is 49.0 Å². The van der Waals surface area contributed by atoms with Crippen molar-refractivity contribution in [3.05, 3.63) is 78.5 Å². The summed E-state index contributed by atoms with van der Waals surface area (Å²) in [7, 11) is 1.94. The predicted octanol–water partition coefficient (Wildman–Crippen LogP) is 5.03. The summed E-state index contributed by atoms with van der Waals surface area (Å²) in [5.41, 5.74) is 6.94. The molecule has 3 aromatic heterocycles. The Balaban J connectivity index is 1.56. The fourth-order valence-corrected chi connectivity index (χ4v) is 4.58. The Kier molecular flexibility index (Phi) is 4.30. The van der Waals surface area contributed by atoms with Crippen molar-refractivity contribution in [3.8, 4) is 22.4 Å². The Morgan fingerprint density at radius 1 is 1.09 bits per heavy atom. The maximum absolute atomic E-state index is 7.29. The topological polar surface area (TPSA) is 52.0 Å². The van der Waals surface area contributed by atoms with Gasteiger partial charge in [0.05, 0.1) is 29.5 Å². The van der Waals surface area contributed by atoms with Crippen LogP contribution in [0.3, 0.4) is 0 Å². The van der Waals surface area contributed by atoms with Gasteiger partial charge in [0.25, 0.3) is 0 Å². The number of fused-ring (bicyclic) bond motifs is 2. The van der Waals surface area contributed by atoms with Crippen LogP contribution in [0.1, 0.15) is 0 Å². The van der Waals surface area contributed by atoms with E-state index in [2.05, 4.69) is 50.3 Å². The minimum absolute atomic E-state index is 0.641. The fraction of sp³-hybridized carbons (Fsp3) is 0.192. The average Bonchev–Trinajstić information content (AvgIpc) is 3.37. The standard InChI is InChI=1S/C26H22N6/c1-27-21-6-3-18(4-7-21)25-22-9-10-32(15-17-12-28-13-17)24(22)14-29-26(25)19-5-8-23-20(11-19)16-31(2)30-23/h3-11,14,16-17,28H,12-13,15H2,2H3. The number of nitrogens with zero attached hydrogens (tertiary/aromatic N) is 5. The average molecular weight is 419 g/mol. The molecule has 156 valence electrons. The van der Waals surface area contributed by atoms with Gasteiger partial charge in [0, 0.05) is 66.9 Å². The summed E-state index contributed by atoms with van der Waals surface area (Å²) in [5, 5.41) is 10.1. The van der Waals surface area contributed by atoms with Gasteiger partial charge >= 0.3 is 0 Å². The zero-order valence-electron chi connectivity index (χ0n) is 17.8. The van der Waals surface area contributed by atoms with Gasteiger partial charge in [0.2, 0.25) is 0 Å². The number of rotatable bonds is 4. The van der Waals surface area contributed by atoms with Crippen molar-refractivity contribution in [2.75, 3.05) is 13.1 Å². The summed E-state index contributed by atoms with van der Waals surface area (Å²) >= 11 is 0. The third kappa shape index (κ3) is 3.06. The number of benzene rings is 2. The van der Waals surface area contributed by atoms with Crippen molar-refractivity contribution in [3.63, 3.8) is 0 Å². The lowest BCUT2D eigenvalue weighted by Crippen LogP contribution is -2.44. The lowest BCUT2D eigenvalue weighted by Gasteiger charge is -2.27. The van der Waals surface area contributed by atoms with Gasteiger partial charge in [-0.2, -0.15) is 5.10 Å². The van der Waals surface area contributed by atoms with E-state index < -0.39 is 0 Å². The molecular weight excluding hydrogens is 396 g/mol. The molecule has 1 fully saturated rings. The maximum Gasteiger partial charge on any atom is 0.187 e. The Morgan fingerprint density at radius 3 is 2.66 bits per heavy atom. The number of aryl methyl sites for hydroxylation is 1. The number of hydrogen-bond donors (Lipinski definition) is 1. The highest BCUT2D eigenvalue weighted by Crippen LogP contribution is 2.38. The summed E-state index contributed by atoms with van der Waals surface area (Å²) in [6.45, 7) is 10.4. The van der Waals surface area contributed by atoms with Crippen LogP contribution in [0.2, 0.25) is 0 Å². The Hall–Kier alpha value is -3.95. The summed E-state index contributed by atoms with van der Waals surface area (Å²) in [4.78, 5) is 8.52. The van der Waals surface area contributed by atoms with Crippen molar-refractivity contribution in [2.45, 2.75) is 6.54 Å². The summed E-state index contributed by atoms with van der Waals surface area (Å²) in [5.74, 6) is 0.666. The van der Waals surface area contributed by atoms with Gasteiger partial charge in [0.1, 0.15) is 0 Å². The first-order valence-corrected chi connectivity index (χ1v) is 10.8. The molecule has 0 bridgehead atoms. The monoisotopic (exact) mass is 418 g/mol. The highest BCUT2D eigenvalue weighted by atomic mass is 15.2. The fourth-order valence-electron chi connectivity index (χ4n) is 4.58. The summed E-state index contributed by atoms with van der Waals surface area (Å²) < 4.78 is 4.16. The second-order valence-corrected chi connectivity index (χ2v) is 8.51. The molecule has 6 rings (SSSR count). The second kappa shape index (κ2) is 7.33.